The third-order valence-electron chi connectivity index (χ3n) is 3.25. The molecule has 5 nitrogen and oxygen atoms in total. The summed E-state index contributed by atoms with van der Waals surface area (Å²) in [7, 11) is 0. The van der Waals surface area contributed by atoms with Crippen LogP contribution < -0.4 is 11.1 Å². The van der Waals surface area contributed by atoms with Crippen molar-refractivity contribution in [1.82, 2.24) is 14.9 Å². The number of aromatic nitrogens is 2. The van der Waals surface area contributed by atoms with E-state index < -0.39 is 0 Å². The van der Waals surface area contributed by atoms with E-state index in [2.05, 4.69) is 27.1 Å². The van der Waals surface area contributed by atoms with E-state index in [-0.39, 0.29) is 0 Å². The number of nitrogen functional groups attached to an aromatic ring is 1. The van der Waals surface area contributed by atoms with E-state index in [0.29, 0.717) is 22.7 Å². The Bertz CT molecular complexity index is 384. The first-order chi connectivity index (χ1) is 8.22. The van der Waals surface area contributed by atoms with E-state index in [1.807, 2.05) is 0 Å². The van der Waals surface area contributed by atoms with Gasteiger partial charge in [0.05, 0.1) is 0 Å². The average molecular weight is 256 g/mol. The first-order valence-corrected chi connectivity index (χ1v) is 6.34. The number of hydrogen-bond donors (Lipinski definition) is 2. The van der Waals surface area contributed by atoms with Gasteiger partial charge in [-0.3, -0.25) is 4.90 Å². The molecule has 0 saturated carbocycles. The molecule has 6 heteroatoms. The highest BCUT2D eigenvalue weighted by Gasteiger charge is 2.22. The van der Waals surface area contributed by atoms with Crippen LogP contribution >= 0.6 is 11.6 Å². The molecule has 1 atom stereocenters. The Morgan fingerprint density at radius 3 is 3.18 bits per heavy atom. The predicted octanol–water partition coefficient (Wildman–Crippen LogP) is 1.61. The Morgan fingerprint density at radius 2 is 2.41 bits per heavy atom. The number of hydrogen-bond acceptors (Lipinski definition) is 5. The number of likely N-dealkylation sites (N-methyl/N-ethyl adjacent to an activating group) is 1. The Labute approximate surface area is 106 Å². The zero-order valence-corrected chi connectivity index (χ0v) is 10.7. The Balaban J connectivity index is 1.95. The van der Waals surface area contributed by atoms with Gasteiger partial charge in [0.15, 0.2) is 11.0 Å². The summed E-state index contributed by atoms with van der Waals surface area (Å²) in [6, 6.07) is 0.563. The second-order valence-corrected chi connectivity index (χ2v) is 4.59. The van der Waals surface area contributed by atoms with Gasteiger partial charge < -0.3 is 11.1 Å². The number of nitrogens with one attached hydrogen (secondary N) is 1. The standard InChI is InChI=1S/C11H18ClN5/c1-2-17-5-3-4-8(17)6-14-11-9(13)10(12)15-7-16-11/h7-8H,2-6,13H2,1H3,(H,14,15,16). The Morgan fingerprint density at radius 1 is 1.59 bits per heavy atom. The van der Waals surface area contributed by atoms with Crippen molar-refractivity contribution >= 4 is 23.1 Å². The number of likely N-dealkylation sites (tertiary alicyclic amines) is 1. The van der Waals surface area contributed by atoms with Gasteiger partial charge in [0.2, 0.25) is 0 Å². The molecular weight excluding hydrogens is 238 g/mol. The highest BCUT2D eigenvalue weighted by molar-refractivity contribution is 6.32. The van der Waals surface area contributed by atoms with Crippen molar-refractivity contribution in [3.63, 3.8) is 0 Å². The molecule has 1 aliphatic rings. The summed E-state index contributed by atoms with van der Waals surface area (Å²) in [6.45, 7) is 5.31. The van der Waals surface area contributed by atoms with Crippen LogP contribution in [0.5, 0.6) is 0 Å². The third-order valence-corrected chi connectivity index (χ3v) is 3.55. The normalized spacial score (nSPS) is 20.7. The lowest BCUT2D eigenvalue weighted by Crippen LogP contribution is -2.34. The van der Waals surface area contributed by atoms with Crippen molar-refractivity contribution in [2.24, 2.45) is 0 Å². The van der Waals surface area contributed by atoms with Crippen LogP contribution in [0.2, 0.25) is 5.15 Å². The smallest absolute Gasteiger partial charge is 0.157 e. The van der Waals surface area contributed by atoms with Crippen LogP contribution in [0.15, 0.2) is 6.33 Å². The van der Waals surface area contributed by atoms with Crippen molar-refractivity contribution in [3.05, 3.63) is 11.5 Å². The van der Waals surface area contributed by atoms with Crippen molar-refractivity contribution < 1.29 is 0 Å². The van der Waals surface area contributed by atoms with Gasteiger partial charge in [-0.15, -0.1) is 0 Å². The van der Waals surface area contributed by atoms with Crippen molar-refractivity contribution in [2.45, 2.75) is 25.8 Å². The largest absolute Gasteiger partial charge is 0.393 e. The van der Waals surface area contributed by atoms with Crippen LogP contribution in [0.4, 0.5) is 11.5 Å². The maximum absolute atomic E-state index is 5.84. The predicted molar refractivity (Wildman–Crippen MR) is 70.2 cm³/mol. The van der Waals surface area contributed by atoms with Crippen molar-refractivity contribution in [3.8, 4) is 0 Å². The molecule has 2 rings (SSSR count). The number of rotatable bonds is 4. The Kier molecular flexibility index (Phi) is 4.02. The van der Waals surface area contributed by atoms with Crippen LogP contribution in [-0.4, -0.2) is 40.5 Å². The quantitative estimate of drug-likeness (QED) is 0.800. The molecule has 0 radical (unpaired) electrons. The lowest BCUT2D eigenvalue weighted by molar-refractivity contribution is 0.277. The minimum Gasteiger partial charge on any atom is -0.393 e. The van der Waals surface area contributed by atoms with Crippen LogP contribution in [-0.2, 0) is 0 Å². The minimum atomic E-state index is 0.307. The van der Waals surface area contributed by atoms with Crippen molar-refractivity contribution in [1.29, 1.82) is 0 Å². The fraction of sp³-hybridized carbons (Fsp3) is 0.636. The highest BCUT2D eigenvalue weighted by atomic mass is 35.5. The van der Waals surface area contributed by atoms with E-state index in [4.69, 9.17) is 17.3 Å². The number of nitrogens with two attached hydrogens (primary N) is 1. The lowest BCUT2D eigenvalue weighted by atomic mass is 10.2. The molecule has 0 aliphatic carbocycles. The number of anilines is 2. The second kappa shape index (κ2) is 5.51. The summed E-state index contributed by atoms with van der Waals surface area (Å²) in [5.41, 5.74) is 6.23. The van der Waals surface area contributed by atoms with Crippen molar-refractivity contribution in [2.75, 3.05) is 30.7 Å². The average Bonchev–Trinajstić information content (AvgIpc) is 2.78. The summed E-state index contributed by atoms with van der Waals surface area (Å²) in [5, 5.41) is 3.56. The molecule has 1 aliphatic heterocycles. The van der Waals surface area contributed by atoms with Gasteiger partial charge in [0.1, 0.15) is 12.0 Å². The van der Waals surface area contributed by atoms with Gasteiger partial charge in [-0.05, 0) is 25.9 Å². The van der Waals surface area contributed by atoms with Gasteiger partial charge in [-0.25, -0.2) is 9.97 Å². The molecule has 0 aromatic carbocycles. The van der Waals surface area contributed by atoms with Gasteiger partial charge in [-0.1, -0.05) is 18.5 Å². The molecule has 1 fully saturated rings. The fourth-order valence-electron chi connectivity index (χ4n) is 2.27. The summed E-state index contributed by atoms with van der Waals surface area (Å²) in [5.74, 6) is 0.632. The minimum absolute atomic E-state index is 0.307. The molecule has 0 amide bonds. The molecule has 0 spiro atoms. The van der Waals surface area contributed by atoms with Gasteiger partial charge >= 0.3 is 0 Å². The first kappa shape index (κ1) is 12.4. The topological polar surface area (TPSA) is 67.1 Å². The maximum Gasteiger partial charge on any atom is 0.157 e. The molecule has 1 saturated heterocycles. The molecule has 3 N–H and O–H groups in total. The van der Waals surface area contributed by atoms with Crippen LogP contribution in [0.1, 0.15) is 19.8 Å². The fourth-order valence-corrected chi connectivity index (χ4v) is 2.41. The molecule has 94 valence electrons. The first-order valence-electron chi connectivity index (χ1n) is 5.96. The second-order valence-electron chi connectivity index (χ2n) is 4.23. The molecule has 2 heterocycles. The summed E-state index contributed by atoms with van der Waals surface area (Å²) < 4.78 is 0. The molecule has 1 aromatic rings. The monoisotopic (exact) mass is 255 g/mol. The molecular formula is C11H18ClN5. The third kappa shape index (κ3) is 2.79. The van der Waals surface area contributed by atoms with Crippen LogP contribution in [0.3, 0.4) is 0 Å². The molecule has 17 heavy (non-hydrogen) atoms. The van der Waals surface area contributed by atoms with Gasteiger partial charge in [0.25, 0.3) is 0 Å². The van der Waals surface area contributed by atoms with Gasteiger partial charge in [-0.2, -0.15) is 0 Å². The summed E-state index contributed by atoms with van der Waals surface area (Å²) in [6.07, 6.45) is 3.91. The summed E-state index contributed by atoms with van der Waals surface area (Å²) in [4.78, 5) is 10.4. The molecule has 1 unspecified atom stereocenters. The number of halogens is 1. The van der Waals surface area contributed by atoms with E-state index >= 15 is 0 Å². The SMILES string of the molecule is CCN1CCCC1CNc1ncnc(Cl)c1N. The van der Waals surface area contributed by atoms with E-state index in [0.717, 1.165) is 13.1 Å². The van der Waals surface area contributed by atoms with Crippen LogP contribution in [0, 0.1) is 0 Å². The van der Waals surface area contributed by atoms with E-state index in [1.54, 1.807) is 0 Å². The van der Waals surface area contributed by atoms with Gasteiger partial charge in [0, 0.05) is 12.6 Å². The van der Waals surface area contributed by atoms with E-state index in [1.165, 1.54) is 25.7 Å². The Hall–Kier alpha value is -1.07. The zero-order chi connectivity index (χ0) is 12.3. The lowest BCUT2D eigenvalue weighted by Gasteiger charge is -2.23. The number of nitrogens with zero attached hydrogens (tertiary/aromatic N) is 3. The maximum atomic E-state index is 5.84. The molecule has 1 aromatic heterocycles. The van der Waals surface area contributed by atoms with E-state index in [9.17, 15) is 0 Å². The highest BCUT2D eigenvalue weighted by Crippen LogP contribution is 2.23. The zero-order valence-electron chi connectivity index (χ0n) is 9.99. The van der Waals surface area contributed by atoms with Crippen LogP contribution in [0.25, 0.3) is 0 Å². The molecule has 0 bridgehead atoms. The summed E-state index contributed by atoms with van der Waals surface area (Å²) >= 11 is 5.84.